The van der Waals surface area contributed by atoms with Crippen LogP contribution in [0.2, 0.25) is 0 Å². The number of aromatic nitrogens is 4. The lowest BCUT2D eigenvalue weighted by atomic mass is 10.2. The lowest BCUT2D eigenvalue weighted by Crippen LogP contribution is -2.17. The summed E-state index contributed by atoms with van der Waals surface area (Å²) < 4.78 is 34.6. The molecule has 0 aliphatic carbocycles. The Kier molecular flexibility index (Phi) is 5.31. The third-order valence-corrected chi connectivity index (χ3v) is 4.13. The van der Waals surface area contributed by atoms with Gasteiger partial charge in [-0.1, -0.05) is 0 Å². The van der Waals surface area contributed by atoms with Crippen LogP contribution in [-0.2, 0) is 13.8 Å². The SMILES string of the molecule is Cc1nn(COc2ccc(F)cc2F)c(C)c1NC(=O)c1nn(C)cc1C(=O)O. The Bertz CT molecular complexity index is 1110. The van der Waals surface area contributed by atoms with Crippen molar-refractivity contribution >= 4 is 17.6 Å². The third kappa shape index (κ3) is 4.08. The maximum atomic E-state index is 13.7. The van der Waals surface area contributed by atoms with Crippen LogP contribution >= 0.6 is 0 Å². The zero-order valence-electron chi connectivity index (χ0n) is 15.7. The topological polar surface area (TPSA) is 111 Å². The van der Waals surface area contributed by atoms with Gasteiger partial charge in [-0.05, 0) is 26.0 Å². The highest BCUT2D eigenvalue weighted by Gasteiger charge is 2.23. The second-order valence-corrected chi connectivity index (χ2v) is 6.22. The van der Waals surface area contributed by atoms with Gasteiger partial charge in [0.2, 0.25) is 0 Å². The van der Waals surface area contributed by atoms with Crippen LogP contribution in [0.25, 0.3) is 0 Å². The molecule has 1 aromatic carbocycles. The molecule has 0 spiro atoms. The van der Waals surface area contributed by atoms with Crippen LogP contribution in [0, 0.1) is 25.5 Å². The number of nitrogens with zero attached hydrogens (tertiary/aromatic N) is 4. The number of carbonyl (C=O) groups excluding carboxylic acids is 1. The van der Waals surface area contributed by atoms with Crippen LogP contribution in [-0.4, -0.2) is 36.5 Å². The minimum atomic E-state index is -1.28. The van der Waals surface area contributed by atoms with E-state index in [0.29, 0.717) is 23.1 Å². The number of carboxylic acids is 1. The Morgan fingerprint density at radius 1 is 1.24 bits per heavy atom. The minimum Gasteiger partial charge on any atom is -0.478 e. The van der Waals surface area contributed by atoms with Gasteiger partial charge in [-0.2, -0.15) is 10.2 Å². The highest BCUT2D eigenvalue weighted by Crippen LogP contribution is 2.23. The summed E-state index contributed by atoms with van der Waals surface area (Å²) in [5.74, 6) is -3.71. The number of amides is 1. The molecule has 9 nitrogen and oxygen atoms in total. The maximum absolute atomic E-state index is 13.7. The summed E-state index contributed by atoms with van der Waals surface area (Å²) >= 11 is 0. The van der Waals surface area contributed by atoms with Crippen LogP contribution in [0.4, 0.5) is 14.5 Å². The van der Waals surface area contributed by atoms with Crippen molar-refractivity contribution in [2.45, 2.75) is 20.6 Å². The molecule has 152 valence electrons. The Labute approximate surface area is 163 Å². The van der Waals surface area contributed by atoms with E-state index in [4.69, 9.17) is 4.74 Å². The maximum Gasteiger partial charge on any atom is 0.339 e. The monoisotopic (exact) mass is 405 g/mol. The average molecular weight is 405 g/mol. The first kappa shape index (κ1) is 20.0. The first-order valence-corrected chi connectivity index (χ1v) is 8.37. The molecule has 0 saturated carbocycles. The molecule has 2 N–H and O–H groups in total. The zero-order chi connectivity index (χ0) is 21.3. The molecular formula is C18H17F2N5O4. The molecular weight excluding hydrogens is 388 g/mol. The van der Waals surface area contributed by atoms with E-state index in [-0.39, 0.29) is 23.7 Å². The van der Waals surface area contributed by atoms with Crippen molar-refractivity contribution in [2.24, 2.45) is 7.05 Å². The van der Waals surface area contributed by atoms with Crippen LogP contribution in [0.1, 0.15) is 32.2 Å². The molecule has 11 heteroatoms. The van der Waals surface area contributed by atoms with Gasteiger partial charge in [0.15, 0.2) is 24.0 Å². The van der Waals surface area contributed by atoms with Gasteiger partial charge in [-0.15, -0.1) is 0 Å². The van der Waals surface area contributed by atoms with E-state index in [1.54, 1.807) is 13.8 Å². The number of ether oxygens (including phenoxy) is 1. The summed E-state index contributed by atoms with van der Waals surface area (Å²) in [4.78, 5) is 23.8. The second-order valence-electron chi connectivity index (χ2n) is 6.22. The number of aryl methyl sites for hydroxylation is 2. The van der Waals surface area contributed by atoms with Gasteiger partial charge in [0.1, 0.15) is 11.4 Å². The molecule has 2 aromatic heterocycles. The third-order valence-electron chi connectivity index (χ3n) is 4.13. The summed E-state index contributed by atoms with van der Waals surface area (Å²) in [6.45, 7) is 3.10. The van der Waals surface area contributed by atoms with Gasteiger partial charge in [0.05, 0.1) is 17.1 Å². The van der Waals surface area contributed by atoms with Gasteiger partial charge < -0.3 is 15.2 Å². The molecule has 1 amide bonds. The fraction of sp³-hybridized carbons (Fsp3) is 0.222. The van der Waals surface area contributed by atoms with Gasteiger partial charge in [-0.3, -0.25) is 9.48 Å². The molecule has 0 aliphatic heterocycles. The van der Waals surface area contributed by atoms with Crippen LogP contribution < -0.4 is 10.1 Å². The van der Waals surface area contributed by atoms with Gasteiger partial charge in [0, 0.05) is 19.3 Å². The quantitative estimate of drug-likeness (QED) is 0.652. The highest BCUT2D eigenvalue weighted by molar-refractivity contribution is 6.09. The van der Waals surface area contributed by atoms with E-state index in [9.17, 15) is 23.5 Å². The second kappa shape index (κ2) is 7.70. The first-order chi connectivity index (χ1) is 13.7. The number of rotatable bonds is 6. The summed E-state index contributed by atoms with van der Waals surface area (Å²) in [5, 5.41) is 19.9. The number of benzene rings is 1. The average Bonchev–Trinajstić information content (AvgIpc) is 3.16. The van der Waals surface area contributed by atoms with Crippen molar-refractivity contribution in [3.8, 4) is 5.75 Å². The summed E-state index contributed by atoms with van der Waals surface area (Å²) in [5.41, 5.74) is 0.803. The number of hydrogen-bond donors (Lipinski definition) is 2. The molecule has 0 saturated heterocycles. The molecule has 2 heterocycles. The van der Waals surface area contributed by atoms with E-state index in [1.165, 1.54) is 22.6 Å². The lowest BCUT2D eigenvalue weighted by Gasteiger charge is -2.09. The van der Waals surface area contributed by atoms with Gasteiger partial charge in [0.25, 0.3) is 5.91 Å². The van der Waals surface area contributed by atoms with Crippen molar-refractivity contribution in [1.29, 1.82) is 0 Å². The Morgan fingerprint density at radius 2 is 1.97 bits per heavy atom. The van der Waals surface area contributed by atoms with Crippen LogP contribution in [0.15, 0.2) is 24.4 Å². The molecule has 0 fully saturated rings. The van der Waals surface area contributed by atoms with Crippen molar-refractivity contribution in [3.63, 3.8) is 0 Å². The molecule has 0 unspecified atom stereocenters. The van der Waals surface area contributed by atoms with Crippen LogP contribution in [0.5, 0.6) is 5.75 Å². The summed E-state index contributed by atoms with van der Waals surface area (Å²) in [6.07, 6.45) is 1.23. The Balaban J connectivity index is 1.79. The van der Waals surface area contributed by atoms with E-state index in [0.717, 1.165) is 12.1 Å². The first-order valence-electron chi connectivity index (χ1n) is 8.37. The molecule has 3 rings (SSSR count). The summed E-state index contributed by atoms with van der Waals surface area (Å²) in [6, 6.07) is 2.93. The number of nitrogens with one attached hydrogen (secondary N) is 1. The van der Waals surface area contributed by atoms with Crippen molar-refractivity contribution in [2.75, 3.05) is 5.32 Å². The fourth-order valence-corrected chi connectivity index (χ4v) is 2.71. The molecule has 3 aromatic rings. The minimum absolute atomic E-state index is 0.149. The number of aromatic carboxylic acids is 1. The van der Waals surface area contributed by atoms with E-state index < -0.39 is 23.5 Å². The number of hydrogen-bond acceptors (Lipinski definition) is 5. The van der Waals surface area contributed by atoms with Crippen molar-refractivity contribution in [3.05, 3.63) is 58.7 Å². The standard InChI is InChI=1S/C18H17F2N5O4/c1-9-15(21-17(26)16-12(18(27)28)7-24(3)23-16)10(2)25(22-9)8-29-14-5-4-11(19)6-13(14)20/h4-7H,8H2,1-3H3,(H,21,26)(H,27,28). The highest BCUT2D eigenvalue weighted by atomic mass is 19.1. The molecule has 29 heavy (non-hydrogen) atoms. The number of carbonyl (C=O) groups is 2. The number of anilines is 1. The van der Waals surface area contributed by atoms with E-state index >= 15 is 0 Å². The van der Waals surface area contributed by atoms with Crippen LogP contribution in [0.3, 0.4) is 0 Å². The van der Waals surface area contributed by atoms with Crippen molar-refractivity contribution in [1.82, 2.24) is 19.6 Å². The predicted octanol–water partition coefficient (Wildman–Crippen LogP) is 2.50. The summed E-state index contributed by atoms with van der Waals surface area (Å²) in [7, 11) is 1.50. The number of halogens is 2. The zero-order valence-corrected chi connectivity index (χ0v) is 15.7. The Hall–Kier alpha value is -3.76. The van der Waals surface area contributed by atoms with Gasteiger partial charge >= 0.3 is 5.97 Å². The van der Waals surface area contributed by atoms with E-state index in [1.807, 2.05) is 0 Å². The fourth-order valence-electron chi connectivity index (χ4n) is 2.71. The predicted molar refractivity (Wildman–Crippen MR) is 96.8 cm³/mol. The molecule has 0 atom stereocenters. The Morgan fingerprint density at radius 3 is 2.62 bits per heavy atom. The largest absolute Gasteiger partial charge is 0.478 e. The van der Waals surface area contributed by atoms with Gasteiger partial charge in [-0.25, -0.2) is 18.3 Å². The lowest BCUT2D eigenvalue weighted by molar-refractivity contribution is 0.0692. The van der Waals surface area contributed by atoms with Crippen molar-refractivity contribution < 1.29 is 28.2 Å². The normalized spacial score (nSPS) is 10.8. The molecule has 0 aliphatic rings. The smallest absolute Gasteiger partial charge is 0.339 e. The van der Waals surface area contributed by atoms with E-state index in [2.05, 4.69) is 15.5 Å². The molecule has 0 bridgehead atoms. The molecule has 0 radical (unpaired) electrons. The number of carboxylic acid groups (broad SMARTS) is 1.